The largest absolute Gasteiger partial charge is 0.573 e. The molecule has 0 saturated carbocycles. The van der Waals surface area contributed by atoms with E-state index in [0.717, 1.165) is 16.9 Å². The topological polar surface area (TPSA) is 144 Å². The average molecular weight is 576 g/mol. The molecule has 5 rings (SSSR count). The number of nitrogens with zero attached hydrogens (tertiary/aromatic N) is 4. The molecule has 15 heteroatoms. The van der Waals surface area contributed by atoms with Crippen molar-refractivity contribution in [1.82, 2.24) is 24.8 Å². The van der Waals surface area contributed by atoms with Crippen LogP contribution in [0.25, 0.3) is 21.3 Å². The summed E-state index contributed by atoms with van der Waals surface area (Å²) < 4.78 is 43.8. The van der Waals surface area contributed by atoms with Crippen LogP contribution in [0, 0.1) is 5.92 Å². The Hall–Kier alpha value is -4.40. The molecule has 210 valence electrons. The molecule has 1 aliphatic heterocycles. The fourth-order valence-electron chi connectivity index (χ4n) is 4.49. The molecule has 0 bridgehead atoms. The predicted molar refractivity (Wildman–Crippen MR) is 141 cm³/mol. The number of aryl methyl sites for hydroxylation is 1. The van der Waals surface area contributed by atoms with Crippen LogP contribution in [0.2, 0.25) is 0 Å². The summed E-state index contributed by atoms with van der Waals surface area (Å²) in [5.74, 6) is -1.20. The van der Waals surface area contributed by atoms with Crippen LogP contribution in [0.15, 0.2) is 36.4 Å². The maximum atomic E-state index is 12.7. The number of hydrogen-bond donors (Lipinski definition) is 3. The standard InChI is InChI=1S/C25H24F3N7O4S/c1-34-18-5-2-14(22(38)30-12-20(36)35-8-6-13(7-9-35)21(29)37)10-17(18)31-23(34)33-24-32-16-4-3-15(11-19(16)40-24)39-25(26,27)28/h2-5,10-11,13H,6-9,12H2,1H3,(H2,29,37)(H,30,38)(H,31,32,33). The molecule has 2 aromatic carbocycles. The van der Waals surface area contributed by atoms with Gasteiger partial charge in [-0.15, -0.1) is 13.2 Å². The smallest absolute Gasteiger partial charge is 0.406 e. The van der Waals surface area contributed by atoms with E-state index in [1.165, 1.54) is 18.2 Å². The van der Waals surface area contributed by atoms with Crippen LogP contribution in [0.4, 0.5) is 24.3 Å². The number of alkyl halides is 3. The van der Waals surface area contributed by atoms with E-state index in [4.69, 9.17) is 5.73 Å². The van der Waals surface area contributed by atoms with Gasteiger partial charge in [-0.05, 0) is 43.2 Å². The first-order chi connectivity index (χ1) is 19.0. The van der Waals surface area contributed by atoms with Crippen molar-refractivity contribution in [3.63, 3.8) is 0 Å². The van der Waals surface area contributed by atoms with Gasteiger partial charge < -0.3 is 30.6 Å². The Kier molecular flexibility index (Phi) is 7.23. The van der Waals surface area contributed by atoms with Crippen molar-refractivity contribution in [1.29, 1.82) is 0 Å². The molecule has 3 heterocycles. The molecule has 11 nitrogen and oxygen atoms in total. The third kappa shape index (κ3) is 5.93. The second kappa shape index (κ2) is 10.6. The van der Waals surface area contributed by atoms with E-state index in [1.807, 2.05) is 0 Å². The highest BCUT2D eigenvalue weighted by Gasteiger charge is 2.31. The molecular weight excluding hydrogens is 551 g/mol. The molecule has 0 atom stereocenters. The van der Waals surface area contributed by atoms with Gasteiger partial charge in [0, 0.05) is 37.7 Å². The number of benzene rings is 2. The number of ether oxygens (including phenoxy) is 1. The van der Waals surface area contributed by atoms with Gasteiger partial charge in [0.2, 0.25) is 17.8 Å². The van der Waals surface area contributed by atoms with Gasteiger partial charge >= 0.3 is 6.36 Å². The van der Waals surface area contributed by atoms with Crippen molar-refractivity contribution in [2.75, 3.05) is 25.0 Å². The van der Waals surface area contributed by atoms with Crippen molar-refractivity contribution >= 4 is 61.4 Å². The number of amides is 3. The van der Waals surface area contributed by atoms with E-state index in [-0.39, 0.29) is 30.0 Å². The van der Waals surface area contributed by atoms with Gasteiger partial charge in [0.15, 0.2) is 5.13 Å². The van der Waals surface area contributed by atoms with Crippen LogP contribution in [0.5, 0.6) is 5.75 Å². The summed E-state index contributed by atoms with van der Waals surface area (Å²) in [6, 6.07) is 8.83. The highest BCUT2D eigenvalue weighted by atomic mass is 32.1. The summed E-state index contributed by atoms with van der Waals surface area (Å²) in [4.78, 5) is 47.1. The summed E-state index contributed by atoms with van der Waals surface area (Å²) in [6.07, 6.45) is -3.78. The van der Waals surface area contributed by atoms with Crippen molar-refractivity contribution < 1.29 is 32.3 Å². The highest BCUT2D eigenvalue weighted by Crippen LogP contribution is 2.33. The Morgan fingerprint density at radius 2 is 1.85 bits per heavy atom. The van der Waals surface area contributed by atoms with E-state index >= 15 is 0 Å². The van der Waals surface area contributed by atoms with Crippen LogP contribution in [0.3, 0.4) is 0 Å². The first-order valence-electron chi connectivity index (χ1n) is 12.2. The summed E-state index contributed by atoms with van der Waals surface area (Å²) in [5, 5.41) is 6.11. The van der Waals surface area contributed by atoms with Gasteiger partial charge in [-0.1, -0.05) is 11.3 Å². The lowest BCUT2D eigenvalue weighted by atomic mass is 9.96. The fourth-order valence-corrected chi connectivity index (χ4v) is 5.38. The van der Waals surface area contributed by atoms with E-state index in [1.54, 1.807) is 34.7 Å². The van der Waals surface area contributed by atoms with Gasteiger partial charge in [0.1, 0.15) is 5.75 Å². The molecule has 0 unspecified atom stereocenters. The molecule has 1 fully saturated rings. The lowest BCUT2D eigenvalue weighted by molar-refractivity contribution is -0.274. The molecule has 2 aromatic heterocycles. The zero-order chi connectivity index (χ0) is 28.6. The zero-order valence-electron chi connectivity index (χ0n) is 21.1. The number of hydrogen-bond acceptors (Lipinski definition) is 8. The Balaban J connectivity index is 1.24. The van der Waals surface area contributed by atoms with E-state index in [0.29, 0.717) is 58.3 Å². The predicted octanol–water partition coefficient (Wildman–Crippen LogP) is 3.28. The second-order valence-corrected chi connectivity index (χ2v) is 10.3. The number of anilines is 2. The van der Waals surface area contributed by atoms with Gasteiger partial charge in [-0.2, -0.15) is 0 Å². The lowest BCUT2D eigenvalue weighted by Gasteiger charge is -2.30. The SMILES string of the molecule is Cn1c(Nc2nc3ccc(OC(F)(F)F)cc3s2)nc2cc(C(=O)NCC(=O)N3CCC(C(N)=O)CC3)ccc21. The zero-order valence-corrected chi connectivity index (χ0v) is 21.9. The third-order valence-electron chi connectivity index (χ3n) is 6.61. The monoisotopic (exact) mass is 575 g/mol. The molecule has 0 aliphatic carbocycles. The van der Waals surface area contributed by atoms with Crippen LogP contribution in [-0.2, 0) is 16.6 Å². The molecule has 0 radical (unpaired) electrons. The van der Waals surface area contributed by atoms with Gasteiger partial charge in [-0.25, -0.2) is 9.97 Å². The number of imidazole rings is 1. The first-order valence-corrected chi connectivity index (χ1v) is 13.0. The number of piperidine rings is 1. The Bertz CT molecular complexity index is 1610. The minimum Gasteiger partial charge on any atom is -0.406 e. The third-order valence-corrected chi connectivity index (χ3v) is 7.54. The van der Waals surface area contributed by atoms with Gasteiger partial charge in [0.25, 0.3) is 5.91 Å². The second-order valence-electron chi connectivity index (χ2n) is 9.26. The number of thiazole rings is 1. The van der Waals surface area contributed by atoms with Crippen molar-refractivity contribution in [3.8, 4) is 5.75 Å². The molecule has 3 amide bonds. The number of nitrogens with one attached hydrogen (secondary N) is 2. The van der Waals surface area contributed by atoms with E-state index < -0.39 is 12.3 Å². The average Bonchev–Trinajstić information content (AvgIpc) is 3.45. The summed E-state index contributed by atoms with van der Waals surface area (Å²) in [7, 11) is 1.76. The first kappa shape index (κ1) is 27.2. The summed E-state index contributed by atoms with van der Waals surface area (Å²) in [5.41, 5.74) is 7.37. The number of halogens is 3. The fraction of sp³-hybridized carbons (Fsp3) is 0.320. The molecule has 4 N–H and O–H groups in total. The number of carbonyl (C=O) groups is 3. The van der Waals surface area contributed by atoms with Gasteiger partial charge in [0.05, 0.1) is 27.8 Å². The summed E-state index contributed by atoms with van der Waals surface area (Å²) in [6.45, 7) is 0.644. The van der Waals surface area contributed by atoms with Crippen LogP contribution in [-0.4, -0.2) is 63.2 Å². The number of nitrogens with two attached hydrogens (primary N) is 1. The number of rotatable bonds is 7. The molecule has 40 heavy (non-hydrogen) atoms. The van der Waals surface area contributed by atoms with Crippen molar-refractivity contribution in [2.24, 2.45) is 18.7 Å². The van der Waals surface area contributed by atoms with Crippen LogP contribution >= 0.6 is 11.3 Å². The molecule has 0 spiro atoms. The number of carbonyl (C=O) groups excluding carboxylic acids is 3. The number of fused-ring (bicyclic) bond motifs is 2. The molecule has 1 saturated heterocycles. The van der Waals surface area contributed by atoms with Crippen molar-refractivity contribution in [2.45, 2.75) is 19.2 Å². The Labute approximate surface area is 229 Å². The van der Waals surface area contributed by atoms with E-state index in [9.17, 15) is 27.6 Å². The summed E-state index contributed by atoms with van der Waals surface area (Å²) >= 11 is 1.14. The van der Waals surface area contributed by atoms with Gasteiger partial charge in [-0.3, -0.25) is 14.4 Å². The van der Waals surface area contributed by atoms with Crippen LogP contribution < -0.4 is 21.1 Å². The Morgan fingerprint density at radius 3 is 2.55 bits per heavy atom. The number of likely N-dealkylation sites (tertiary alicyclic amines) is 1. The quantitative estimate of drug-likeness (QED) is 0.307. The maximum absolute atomic E-state index is 12.7. The van der Waals surface area contributed by atoms with Crippen LogP contribution in [0.1, 0.15) is 23.2 Å². The minimum atomic E-state index is -4.79. The molecule has 4 aromatic rings. The number of primary amides is 1. The van der Waals surface area contributed by atoms with Crippen molar-refractivity contribution in [3.05, 3.63) is 42.0 Å². The molecule has 1 aliphatic rings. The highest BCUT2D eigenvalue weighted by molar-refractivity contribution is 7.22. The normalized spacial score (nSPS) is 14.4. The molecular formula is C25H24F3N7O4S. The maximum Gasteiger partial charge on any atom is 0.573 e. The lowest BCUT2D eigenvalue weighted by Crippen LogP contribution is -2.45. The minimum absolute atomic E-state index is 0.180. The Morgan fingerprint density at radius 1 is 1.10 bits per heavy atom. The number of aromatic nitrogens is 3. The van der Waals surface area contributed by atoms with E-state index in [2.05, 4.69) is 25.3 Å².